The van der Waals surface area contributed by atoms with Crippen LogP contribution in [-0.2, 0) is 9.53 Å². The summed E-state index contributed by atoms with van der Waals surface area (Å²) in [6.45, 7) is 13.6. The SMILES string of the molecule is CCCCOc1c(-c2nccc3ccc(/C(C)=C/C(=O)OC)cc23)cc(C(C)C)cc1C(C)C. The van der Waals surface area contributed by atoms with Gasteiger partial charge in [0, 0.05) is 23.2 Å². The third-order valence-corrected chi connectivity index (χ3v) is 6.19. The molecule has 0 aliphatic heterocycles. The minimum absolute atomic E-state index is 0.324. The van der Waals surface area contributed by atoms with Crippen molar-refractivity contribution < 1.29 is 14.3 Å². The molecule has 0 saturated heterocycles. The van der Waals surface area contributed by atoms with Crippen LogP contribution in [0.25, 0.3) is 27.6 Å². The van der Waals surface area contributed by atoms with Gasteiger partial charge in [-0.1, -0.05) is 59.2 Å². The smallest absolute Gasteiger partial charge is 0.330 e. The quantitative estimate of drug-likeness (QED) is 0.185. The molecule has 0 radical (unpaired) electrons. The van der Waals surface area contributed by atoms with Gasteiger partial charge in [-0.05, 0) is 71.0 Å². The topological polar surface area (TPSA) is 48.4 Å². The maximum atomic E-state index is 11.8. The van der Waals surface area contributed by atoms with Gasteiger partial charge in [-0.2, -0.15) is 0 Å². The van der Waals surface area contributed by atoms with Crippen LogP contribution in [0.5, 0.6) is 5.75 Å². The van der Waals surface area contributed by atoms with Crippen molar-refractivity contribution in [3.63, 3.8) is 0 Å². The molecule has 1 heterocycles. The van der Waals surface area contributed by atoms with E-state index in [4.69, 9.17) is 14.5 Å². The Labute approximate surface area is 204 Å². The van der Waals surface area contributed by atoms with Gasteiger partial charge in [0.2, 0.25) is 0 Å². The highest BCUT2D eigenvalue weighted by Gasteiger charge is 2.20. The number of carbonyl (C=O) groups is 1. The Morgan fingerprint density at radius 3 is 2.47 bits per heavy atom. The highest BCUT2D eigenvalue weighted by molar-refractivity contribution is 5.99. The maximum absolute atomic E-state index is 11.8. The summed E-state index contributed by atoms with van der Waals surface area (Å²) in [7, 11) is 1.39. The Kier molecular flexibility index (Phi) is 8.49. The van der Waals surface area contributed by atoms with Crippen molar-refractivity contribution in [2.24, 2.45) is 0 Å². The molecule has 1 aromatic heterocycles. The van der Waals surface area contributed by atoms with E-state index >= 15 is 0 Å². The number of nitrogens with zero attached hydrogens (tertiary/aromatic N) is 1. The Morgan fingerprint density at radius 1 is 1.06 bits per heavy atom. The molecule has 0 bridgehead atoms. The molecule has 0 unspecified atom stereocenters. The Morgan fingerprint density at radius 2 is 1.82 bits per heavy atom. The van der Waals surface area contributed by atoms with Crippen LogP contribution in [0.2, 0.25) is 0 Å². The Bertz CT molecular complexity index is 1190. The third kappa shape index (κ3) is 5.67. The summed E-state index contributed by atoms with van der Waals surface area (Å²) in [6, 6.07) is 12.8. The van der Waals surface area contributed by atoms with Crippen LogP contribution in [0.4, 0.5) is 0 Å². The zero-order valence-electron chi connectivity index (χ0n) is 21.6. The molecule has 2 aromatic carbocycles. The van der Waals surface area contributed by atoms with Crippen molar-refractivity contribution >= 4 is 22.3 Å². The molecule has 0 amide bonds. The standard InChI is InChI=1S/C30H37NO3/c1-8-9-14-34-30-25(20(4)5)17-24(19(2)3)18-27(30)29-26-16-23(21(6)15-28(32)33-7)11-10-22(26)12-13-31-29/h10-13,15-20H,8-9,14H2,1-7H3/b21-15+. The lowest BCUT2D eigenvalue weighted by atomic mass is 9.89. The molecule has 0 aliphatic rings. The van der Waals surface area contributed by atoms with Crippen LogP contribution >= 0.6 is 0 Å². The fraction of sp³-hybridized carbons (Fsp3) is 0.400. The minimum atomic E-state index is -0.359. The molecule has 34 heavy (non-hydrogen) atoms. The molecule has 0 fully saturated rings. The maximum Gasteiger partial charge on any atom is 0.330 e. The third-order valence-electron chi connectivity index (χ3n) is 6.19. The molecule has 0 atom stereocenters. The fourth-order valence-electron chi connectivity index (χ4n) is 4.04. The zero-order chi connectivity index (χ0) is 24.8. The lowest BCUT2D eigenvalue weighted by Crippen LogP contribution is -2.05. The lowest BCUT2D eigenvalue weighted by Gasteiger charge is -2.22. The summed E-state index contributed by atoms with van der Waals surface area (Å²) in [4.78, 5) is 16.6. The number of allylic oxidation sites excluding steroid dienone is 1. The van der Waals surface area contributed by atoms with Gasteiger partial charge in [0.25, 0.3) is 0 Å². The normalized spacial score (nSPS) is 12.0. The van der Waals surface area contributed by atoms with Crippen LogP contribution in [0.15, 0.2) is 48.7 Å². The van der Waals surface area contributed by atoms with Crippen molar-refractivity contribution in [3.8, 4) is 17.0 Å². The molecule has 3 rings (SSSR count). The van der Waals surface area contributed by atoms with Gasteiger partial charge in [-0.25, -0.2) is 4.79 Å². The second-order valence-corrected chi connectivity index (χ2v) is 9.44. The van der Waals surface area contributed by atoms with Crippen molar-refractivity contribution in [1.29, 1.82) is 0 Å². The van der Waals surface area contributed by atoms with E-state index in [1.54, 1.807) is 0 Å². The summed E-state index contributed by atoms with van der Waals surface area (Å²) < 4.78 is 11.3. The van der Waals surface area contributed by atoms with Crippen LogP contribution in [0, 0.1) is 0 Å². The first kappa shape index (κ1) is 25.5. The average Bonchev–Trinajstić information content (AvgIpc) is 2.82. The van der Waals surface area contributed by atoms with Gasteiger partial charge < -0.3 is 9.47 Å². The number of ether oxygens (including phenoxy) is 2. The molecule has 0 saturated carbocycles. The molecule has 180 valence electrons. The van der Waals surface area contributed by atoms with Crippen LogP contribution in [0.1, 0.15) is 82.9 Å². The number of pyridine rings is 1. The number of hydrogen-bond donors (Lipinski definition) is 0. The van der Waals surface area contributed by atoms with Crippen molar-refractivity contribution in [3.05, 3.63) is 65.4 Å². The predicted molar refractivity (Wildman–Crippen MR) is 141 cm³/mol. The number of fused-ring (bicyclic) bond motifs is 1. The Balaban J connectivity index is 2.29. The second kappa shape index (κ2) is 11.3. The number of hydrogen-bond acceptors (Lipinski definition) is 4. The van der Waals surface area contributed by atoms with E-state index in [2.05, 4.69) is 58.9 Å². The van der Waals surface area contributed by atoms with E-state index in [1.807, 2.05) is 25.3 Å². The van der Waals surface area contributed by atoms with E-state index in [9.17, 15) is 4.79 Å². The number of rotatable bonds is 9. The predicted octanol–water partition coefficient (Wildman–Crippen LogP) is 7.90. The average molecular weight is 460 g/mol. The minimum Gasteiger partial charge on any atom is -0.493 e. The molecule has 0 aliphatic carbocycles. The van der Waals surface area contributed by atoms with Gasteiger partial charge in [-0.3, -0.25) is 4.98 Å². The molecular weight excluding hydrogens is 422 g/mol. The van der Waals surface area contributed by atoms with E-state index in [1.165, 1.54) is 24.3 Å². The number of esters is 1. The second-order valence-electron chi connectivity index (χ2n) is 9.44. The monoisotopic (exact) mass is 459 g/mol. The summed E-state index contributed by atoms with van der Waals surface area (Å²) in [5.74, 6) is 1.28. The summed E-state index contributed by atoms with van der Waals surface area (Å²) >= 11 is 0. The summed E-state index contributed by atoms with van der Waals surface area (Å²) in [5.41, 5.74) is 6.24. The van der Waals surface area contributed by atoms with Gasteiger partial charge in [0.15, 0.2) is 0 Å². The van der Waals surface area contributed by atoms with Crippen molar-refractivity contribution in [2.45, 2.75) is 66.2 Å². The molecule has 4 nitrogen and oxygen atoms in total. The first-order chi connectivity index (χ1) is 16.3. The van der Waals surface area contributed by atoms with E-state index < -0.39 is 0 Å². The number of methoxy groups -OCH3 is 1. The molecular formula is C30H37NO3. The number of aromatic nitrogens is 1. The number of carbonyl (C=O) groups excluding carboxylic acids is 1. The van der Waals surface area contributed by atoms with E-state index in [0.29, 0.717) is 18.4 Å². The van der Waals surface area contributed by atoms with Gasteiger partial charge in [0.1, 0.15) is 5.75 Å². The van der Waals surface area contributed by atoms with E-state index in [-0.39, 0.29) is 5.97 Å². The van der Waals surface area contributed by atoms with Crippen LogP contribution in [0.3, 0.4) is 0 Å². The highest BCUT2D eigenvalue weighted by Crippen LogP contribution is 2.41. The van der Waals surface area contributed by atoms with Crippen LogP contribution in [-0.4, -0.2) is 24.7 Å². The first-order valence-electron chi connectivity index (χ1n) is 12.2. The van der Waals surface area contributed by atoms with Gasteiger partial charge in [0.05, 0.1) is 19.4 Å². The first-order valence-corrected chi connectivity index (χ1v) is 12.2. The molecule has 0 N–H and O–H groups in total. The summed E-state index contributed by atoms with van der Waals surface area (Å²) in [6.07, 6.45) is 5.47. The Hall–Kier alpha value is -3.14. The van der Waals surface area contributed by atoms with Gasteiger partial charge in [-0.15, -0.1) is 0 Å². The number of unbranched alkanes of at least 4 members (excludes halogenated alkanes) is 1. The van der Waals surface area contributed by atoms with Crippen molar-refractivity contribution in [2.75, 3.05) is 13.7 Å². The molecule has 3 aromatic rings. The summed E-state index contributed by atoms with van der Waals surface area (Å²) in [5, 5.41) is 2.13. The van der Waals surface area contributed by atoms with Crippen molar-refractivity contribution in [1.82, 2.24) is 4.98 Å². The van der Waals surface area contributed by atoms with E-state index in [0.717, 1.165) is 51.8 Å². The lowest BCUT2D eigenvalue weighted by molar-refractivity contribution is -0.134. The molecule has 0 spiro atoms. The van der Waals surface area contributed by atoms with Crippen LogP contribution < -0.4 is 4.74 Å². The highest BCUT2D eigenvalue weighted by atomic mass is 16.5. The zero-order valence-corrected chi connectivity index (χ0v) is 21.6. The fourth-order valence-corrected chi connectivity index (χ4v) is 4.04. The molecule has 4 heteroatoms. The number of benzene rings is 2. The van der Waals surface area contributed by atoms with Gasteiger partial charge >= 0.3 is 5.97 Å². The largest absolute Gasteiger partial charge is 0.493 e.